The standard InChI is InChI=1S/C82H54N8/c1-8-22-51(23-9-1)74-59-37-40-63(84-59)77(54-28-14-4-15-29-54)67-45-48-71(88-67)81(72-49-46-68(89-72)78(55-30-16-5-17-31-55)64-41-38-60(74)85-64)58-50-73-79(56-32-18-6-19-33-56)69-43-42-65(86-69)75(52-24-10-2-11-25-52)61-36-39-62(83-61)76(53-26-12-3-13-27-53)66-44-47-70(87-66)80(82(58)90-73)57-34-20-7-21-35-57/h1-50,83-84,89-90H. The number of nitrogens with one attached hydrogen (secondary N) is 4. The number of aromatic nitrogens is 8. The lowest BCUT2D eigenvalue weighted by Crippen LogP contribution is -1.91. The second-order valence-corrected chi connectivity index (χ2v) is 22.8. The Morgan fingerprint density at radius 2 is 0.378 bits per heavy atom. The highest BCUT2D eigenvalue weighted by Crippen LogP contribution is 2.45. The lowest BCUT2D eigenvalue weighted by molar-refractivity contribution is 1.31. The fourth-order valence-electron chi connectivity index (χ4n) is 13.3. The molecule has 0 fully saturated rings. The zero-order valence-electron chi connectivity index (χ0n) is 48.7. The minimum Gasteiger partial charge on any atom is -0.354 e. The molecule has 0 saturated carbocycles. The van der Waals surface area contributed by atoms with Crippen LogP contribution in [0.2, 0.25) is 0 Å². The summed E-state index contributed by atoms with van der Waals surface area (Å²) < 4.78 is 0. The molecular weight excluding hydrogens is 1100 g/mol. The van der Waals surface area contributed by atoms with E-state index in [9.17, 15) is 0 Å². The summed E-state index contributed by atoms with van der Waals surface area (Å²) in [5.74, 6) is 0. The maximum Gasteiger partial charge on any atom is 0.0738 e. The van der Waals surface area contributed by atoms with Crippen LogP contribution in [0.4, 0.5) is 0 Å². The lowest BCUT2D eigenvalue weighted by Gasteiger charge is -2.09. The van der Waals surface area contributed by atoms with Gasteiger partial charge >= 0.3 is 0 Å². The van der Waals surface area contributed by atoms with Crippen molar-refractivity contribution in [2.75, 3.05) is 0 Å². The Bertz CT molecular complexity index is 5440. The van der Waals surface area contributed by atoms with Gasteiger partial charge in [-0.25, -0.2) is 19.9 Å². The maximum absolute atomic E-state index is 5.83. The van der Waals surface area contributed by atoms with Crippen molar-refractivity contribution in [2.45, 2.75) is 0 Å². The Labute approximate surface area is 519 Å². The summed E-state index contributed by atoms with van der Waals surface area (Å²) in [4.78, 5) is 38.9. The monoisotopic (exact) mass is 1150 g/mol. The zero-order valence-corrected chi connectivity index (χ0v) is 48.7. The molecule has 4 aliphatic rings. The molecular formula is C82H54N8. The average molecular weight is 1150 g/mol. The molecule has 0 amide bonds. The van der Waals surface area contributed by atoms with Gasteiger partial charge in [0.25, 0.3) is 0 Å². The van der Waals surface area contributed by atoms with Crippen LogP contribution in [0.5, 0.6) is 0 Å². The first-order chi connectivity index (χ1) is 44.6. The molecule has 13 aromatic rings. The Balaban J connectivity index is 1.08. The lowest BCUT2D eigenvalue weighted by atomic mass is 9.97. The highest BCUT2D eigenvalue weighted by atomic mass is 14.8. The molecule has 8 nitrogen and oxygen atoms in total. The van der Waals surface area contributed by atoms with Crippen LogP contribution >= 0.6 is 0 Å². The first kappa shape index (κ1) is 52.1. The molecule has 7 aromatic carbocycles. The highest BCUT2D eigenvalue weighted by molar-refractivity contribution is 6.09. The van der Waals surface area contributed by atoms with E-state index in [0.717, 1.165) is 179 Å². The molecule has 4 N–H and O–H groups in total. The zero-order chi connectivity index (χ0) is 59.5. The number of aromatic amines is 4. The smallest absolute Gasteiger partial charge is 0.0738 e. The number of nitrogens with zero attached hydrogens (tertiary/aromatic N) is 4. The molecule has 16 bridgehead atoms. The summed E-state index contributed by atoms with van der Waals surface area (Å²) in [5.41, 5.74) is 29.6. The van der Waals surface area contributed by atoms with Gasteiger partial charge in [-0.2, -0.15) is 0 Å². The number of hydrogen-bond donors (Lipinski definition) is 4. The predicted molar refractivity (Wildman–Crippen MR) is 375 cm³/mol. The van der Waals surface area contributed by atoms with Crippen LogP contribution < -0.4 is 0 Å². The topological polar surface area (TPSA) is 115 Å². The molecule has 0 atom stereocenters. The molecule has 0 saturated heterocycles. The Morgan fingerprint density at radius 3 is 0.633 bits per heavy atom. The second-order valence-electron chi connectivity index (χ2n) is 22.8. The van der Waals surface area contributed by atoms with E-state index in [4.69, 9.17) is 19.9 Å². The van der Waals surface area contributed by atoms with Gasteiger partial charge in [0.15, 0.2) is 0 Å². The van der Waals surface area contributed by atoms with Crippen molar-refractivity contribution in [1.29, 1.82) is 0 Å². The van der Waals surface area contributed by atoms with Crippen molar-refractivity contribution in [3.8, 4) is 89.0 Å². The van der Waals surface area contributed by atoms with Crippen LogP contribution in [0.3, 0.4) is 0 Å². The number of hydrogen-bond acceptors (Lipinski definition) is 4. The van der Waals surface area contributed by atoms with Gasteiger partial charge in [0.2, 0.25) is 0 Å². The SMILES string of the molecule is C1=Cc2nc1c(-c1ccccc1)c1ccc([nH]1)c(-c1ccccc1)c1nc(c(-c3cc4[nH]c3c(-c3ccccc3)c3nc(c(-c5ccccc5)c5ccc([nH]5)c(-c5ccccc5)c5nc(c4-c4ccccc4)C=C5)C=C3)c3ccc([nH]3)c2-c2ccccc2)C=C1. The van der Waals surface area contributed by atoms with Gasteiger partial charge < -0.3 is 19.9 Å². The third kappa shape index (κ3) is 9.17. The first-order valence-corrected chi connectivity index (χ1v) is 30.4. The molecule has 422 valence electrons. The molecule has 90 heavy (non-hydrogen) atoms. The summed E-state index contributed by atoms with van der Waals surface area (Å²) in [6.45, 7) is 0. The van der Waals surface area contributed by atoms with Crippen LogP contribution in [-0.2, 0) is 0 Å². The van der Waals surface area contributed by atoms with E-state index < -0.39 is 0 Å². The van der Waals surface area contributed by atoms with Crippen molar-refractivity contribution in [3.05, 3.63) is 300 Å². The van der Waals surface area contributed by atoms with Gasteiger partial charge in [0.1, 0.15) is 0 Å². The molecule has 6 aromatic heterocycles. The van der Waals surface area contributed by atoms with Gasteiger partial charge in [0.05, 0.1) is 51.1 Å². The van der Waals surface area contributed by atoms with Crippen molar-refractivity contribution < 1.29 is 0 Å². The molecule has 0 radical (unpaired) electrons. The van der Waals surface area contributed by atoms with E-state index in [2.05, 4.69) is 323 Å². The average Bonchev–Trinajstić information content (AvgIpc) is 1.85. The van der Waals surface area contributed by atoms with E-state index in [0.29, 0.717) is 0 Å². The van der Waals surface area contributed by atoms with Gasteiger partial charge in [-0.1, -0.05) is 212 Å². The van der Waals surface area contributed by atoms with E-state index in [1.165, 1.54) is 0 Å². The molecule has 0 aliphatic carbocycles. The molecule has 8 heteroatoms. The third-order valence-corrected chi connectivity index (χ3v) is 17.3. The molecule has 0 spiro atoms. The second kappa shape index (κ2) is 21.9. The van der Waals surface area contributed by atoms with Gasteiger partial charge in [-0.3, -0.25) is 0 Å². The van der Waals surface area contributed by atoms with Gasteiger partial charge in [0, 0.05) is 88.7 Å². The minimum absolute atomic E-state index is 0.776. The first-order valence-electron chi connectivity index (χ1n) is 30.4. The van der Waals surface area contributed by atoms with Crippen molar-refractivity contribution >= 4 is 92.7 Å². The Kier molecular flexibility index (Phi) is 12.7. The van der Waals surface area contributed by atoms with E-state index in [-0.39, 0.29) is 0 Å². The van der Waals surface area contributed by atoms with Gasteiger partial charge in [-0.05, 0) is 130 Å². The van der Waals surface area contributed by atoms with Crippen LogP contribution in [0.1, 0.15) is 45.6 Å². The summed E-state index contributed by atoms with van der Waals surface area (Å²) in [6.07, 6.45) is 17.3. The number of rotatable bonds is 8. The highest BCUT2D eigenvalue weighted by Gasteiger charge is 2.25. The van der Waals surface area contributed by atoms with Crippen molar-refractivity contribution in [1.82, 2.24) is 39.9 Å². The quantitative estimate of drug-likeness (QED) is 0.121. The normalized spacial score (nSPS) is 12.3. The third-order valence-electron chi connectivity index (χ3n) is 17.3. The molecule has 0 unspecified atom stereocenters. The van der Waals surface area contributed by atoms with Crippen LogP contribution in [0.25, 0.3) is 182 Å². The predicted octanol–water partition coefficient (Wildman–Crippen LogP) is 21.0. The summed E-state index contributed by atoms with van der Waals surface area (Å²) in [5, 5.41) is 0. The fraction of sp³-hybridized carbons (Fsp3) is 0. The largest absolute Gasteiger partial charge is 0.354 e. The number of benzene rings is 7. The van der Waals surface area contributed by atoms with E-state index in [1.54, 1.807) is 0 Å². The van der Waals surface area contributed by atoms with Crippen molar-refractivity contribution in [2.24, 2.45) is 0 Å². The summed E-state index contributed by atoms with van der Waals surface area (Å²) in [6, 6.07) is 89.5. The number of H-pyrrole nitrogens is 4. The Morgan fingerprint density at radius 1 is 0.178 bits per heavy atom. The van der Waals surface area contributed by atoms with E-state index >= 15 is 0 Å². The van der Waals surface area contributed by atoms with E-state index in [1.807, 2.05) is 0 Å². The molecule has 10 heterocycles. The van der Waals surface area contributed by atoms with Crippen LogP contribution in [0.15, 0.2) is 255 Å². The number of fused-ring (bicyclic) bond motifs is 16. The summed E-state index contributed by atoms with van der Waals surface area (Å²) in [7, 11) is 0. The molecule has 17 rings (SSSR count). The Hall–Kier alpha value is -12.3. The van der Waals surface area contributed by atoms with Crippen LogP contribution in [0, 0.1) is 0 Å². The fourth-order valence-corrected chi connectivity index (χ4v) is 13.3. The maximum atomic E-state index is 5.83. The minimum atomic E-state index is 0.776. The van der Waals surface area contributed by atoms with Crippen LogP contribution in [-0.4, -0.2) is 39.9 Å². The van der Waals surface area contributed by atoms with Gasteiger partial charge in [-0.15, -0.1) is 0 Å². The summed E-state index contributed by atoms with van der Waals surface area (Å²) >= 11 is 0. The van der Waals surface area contributed by atoms with Crippen molar-refractivity contribution in [3.63, 3.8) is 0 Å². The molecule has 4 aliphatic heterocycles.